The molecule has 0 radical (unpaired) electrons. The monoisotopic (exact) mass is 285 g/mol. The Morgan fingerprint density at radius 2 is 1.94 bits per heavy atom. The van der Waals surface area contributed by atoms with E-state index in [-0.39, 0.29) is 0 Å². The fourth-order valence-electron chi connectivity index (χ4n) is 1.77. The molecule has 0 atom stereocenters. The molecule has 0 aliphatic carbocycles. The summed E-state index contributed by atoms with van der Waals surface area (Å²) in [7, 11) is 0. The summed E-state index contributed by atoms with van der Waals surface area (Å²) in [6, 6.07) is 4.09. The third kappa shape index (κ3) is 2.50. The zero-order chi connectivity index (χ0) is 11.4. The minimum absolute atomic E-state index is 0.700. The Balaban J connectivity index is 2.31. The number of rotatable bonds is 3. The second kappa shape index (κ2) is 5.55. The Labute approximate surface area is 104 Å². The lowest BCUT2D eigenvalue weighted by Crippen LogP contribution is -2.03. The van der Waals surface area contributed by atoms with Gasteiger partial charge in [-0.1, -0.05) is 6.07 Å². The molecule has 0 fully saturated rings. The molecule has 0 unspecified atom stereocenters. The summed E-state index contributed by atoms with van der Waals surface area (Å²) in [6.45, 7) is 2.14. The molecule has 1 aromatic carbocycles. The van der Waals surface area contributed by atoms with Gasteiger partial charge < -0.3 is 15.2 Å². The van der Waals surface area contributed by atoms with Gasteiger partial charge in [-0.3, -0.25) is 0 Å². The van der Waals surface area contributed by atoms with Gasteiger partial charge in [0, 0.05) is 6.42 Å². The van der Waals surface area contributed by atoms with Crippen LogP contribution < -0.4 is 15.2 Å². The summed E-state index contributed by atoms with van der Waals surface area (Å²) < 4.78 is 12.4. The molecule has 0 saturated heterocycles. The van der Waals surface area contributed by atoms with E-state index in [2.05, 4.69) is 22.0 Å². The standard InChI is InChI=1S/C12H16BrNO2/c13-10-5-4-9(3-1-6-14)11-12(10)16-8-2-7-15-11/h4-5H,1-3,6-8,14H2. The number of nitrogens with two attached hydrogens (primary N) is 1. The minimum atomic E-state index is 0.700. The summed E-state index contributed by atoms with van der Waals surface area (Å²) in [4.78, 5) is 0. The molecular weight excluding hydrogens is 270 g/mol. The van der Waals surface area contributed by atoms with Gasteiger partial charge in [-0.15, -0.1) is 0 Å². The van der Waals surface area contributed by atoms with Crippen LogP contribution in [-0.2, 0) is 6.42 Å². The third-order valence-corrected chi connectivity index (χ3v) is 3.20. The van der Waals surface area contributed by atoms with Gasteiger partial charge in [0.05, 0.1) is 17.7 Å². The van der Waals surface area contributed by atoms with Crippen LogP contribution in [0.25, 0.3) is 0 Å². The number of halogens is 1. The van der Waals surface area contributed by atoms with Crippen molar-refractivity contribution >= 4 is 15.9 Å². The third-order valence-electron chi connectivity index (χ3n) is 2.58. The van der Waals surface area contributed by atoms with Crippen molar-refractivity contribution < 1.29 is 9.47 Å². The molecule has 0 spiro atoms. The van der Waals surface area contributed by atoms with Crippen LogP contribution in [-0.4, -0.2) is 19.8 Å². The smallest absolute Gasteiger partial charge is 0.175 e. The molecule has 1 aliphatic rings. The molecule has 4 heteroatoms. The number of benzene rings is 1. The Morgan fingerprint density at radius 3 is 2.69 bits per heavy atom. The highest BCUT2D eigenvalue weighted by Gasteiger charge is 2.17. The molecule has 0 amide bonds. The van der Waals surface area contributed by atoms with E-state index in [9.17, 15) is 0 Å². The molecular formula is C12H16BrNO2. The van der Waals surface area contributed by atoms with E-state index in [1.807, 2.05) is 6.07 Å². The lowest BCUT2D eigenvalue weighted by atomic mass is 10.1. The molecule has 1 heterocycles. The Bertz CT molecular complexity index is 368. The normalized spacial score (nSPS) is 14.6. The summed E-state index contributed by atoms with van der Waals surface area (Å²) in [5.41, 5.74) is 6.72. The first-order valence-electron chi connectivity index (χ1n) is 5.60. The van der Waals surface area contributed by atoms with Gasteiger partial charge in [-0.25, -0.2) is 0 Å². The average Bonchev–Trinajstić information content (AvgIpc) is 2.54. The van der Waals surface area contributed by atoms with Crippen molar-refractivity contribution in [3.8, 4) is 11.5 Å². The van der Waals surface area contributed by atoms with E-state index < -0.39 is 0 Å². The maximum absolute atomic E-state index is 5.76. The lowest BCUT2D eigenvalue weighted by Gasteiger charge is -2.13. The average molecular weight is 286 g/mol. The van der Waals surface area contributed by atoms with Crippen LogP contribution in [0.3, 0.4) is 0 Å². The molecule has 2 rings (SSSR count). The van der Waals surface area contributed by atoms with Crippen LogP contribution >= 0.6 is 15.9 Å². The molecule has 3 nitrogen and oxygen atoms in total. The second-order valence-corrected chi connectivity index (χ2v) is 4.66. The minimum Gasteiger partial charge on any atom is -0.489 e. The first kappa shape index (κ1) is 11.7. The van der Waals surface area contributed by atoms with E-state index in [0.717, 1.165) is 41.8 Å². The lowest BCUT2D eigenvalue weighted by molar-refractivity contribution is 0.295. The maximum Gasteiger partial charge on any atom is 0.175 e. The molecule has 0 saturated carbocycles. The van der Waals surface area contributed by atoms with Gasteiger partial charge in [0.1, 0.15) is 0 Å². The van der Waals surface area contributed by atoms with E-state index in [1.54, 1.807) is 0 Å². The Morgan fingerprint density at radius 1 is 1.19 bits per heavy atom. The van der Waals surface area contributed by atoms with Gasteiger partial charge in [0.25, 0.3) is 0 Å². The fraction of sp³-hybridized carbons (Fsp3) is 0.500. The van der Waals surface area contributed by atoms with Crippen molar-refractivity contribution in [2.24, 2.45) is 5.73 Å². The van der Waals surface area contributed by atoms with Crippen molar-refractivity contribution in [3.63, 3.8) is 0 Å². The van der Waals surface area contributed by atoms with Crippen molar-refractivity contribution in [1.82, 2.24) is 0 Å². The van der Waals surface area contributed by atoms with Crippen LogP contribution in [0.4, 0.5) is 0 Å². The number of fused-ring (bicyclic) bond motifs is 1. The topological polar surface area (TPSA) is 44.5 Å². The van der Waals surface area contributed by atoms with Crippen LogP contribution in [0.5, 0.6) is 11.5 Å². The molecule has 0 bridgehead atoms. The molecule has 16 heavy (non-hydrogen) atoms. The highest BCUT2D eigenvalue weighted by molar-refractivity contribution is 9.10. The molecule has 2 N–H and O–H groups in total. The SMILES string of the molecule is NCCCc1ccc(Br)c2c1OCCCO2. The second-order valence-electron chi connectivity index (χ2n) is 3.81. The van der Waals surface area contributed by atoms with Gasteiger partial charge in [-0.2, -0.15) is 0 Å². The van der Waals surface area contributed by atoms with Crippen molar-refractivity contribution in [2.45, 2.75) is 19.3 Å². The van der Waals surface area contributed by atoms with Crippen molar-refractivity contribution in [2.75, 3.05) is 19.8 Å². The predicted octanol–water partition coefficient (Wildman–Crippen LogP) is 2.50. The van der Waals surface area contributed by atoms with E-state index in [0.29, 0.717) is 13.2 Å². The molecule has 88 valence electrons. The van der Waals surface area contributed by atoms with Gasteiger partial charge in [0.2, 0.25) is 0 Å². The summed E-state index contributed by atoms with van der Waals surface area (Å²) in [5.74, 6) is 1.73. The van der Waals surface area contributed by atoms with Gasteiger partial charge in [0.15, 0.2) is 11.5 Å². The number of hydrogen-bond acceptors (Lipinski definition) is 3. The summed E-state index contributed by atoms with van der Waals surface area (Å²) >= 11 is 3.49. The predicted molar refractivity (Wildman–Crippen MR) is 67.1 cm³/mol. The Hall–Kier alpha value is -0.740. The van der Waals surface area contributed by atoms with Gasteiger partial charge >= 0.3 is 0 Å². The van der Waals surface area contributed by atoms with E-state index >= 15 is 0 Å². The van der Waals surface area contributed by atoms with Crippen LogP contribution in [0, 0.1) is 0 Å². The number of aryl methyl sites for hydroxylation is 1. The van der Waals surface area contributed by atoms with Crippen molar-refractivity contribution in [1.29, 1.82) is 0 Å². The summed E-state index contributed by atoms with van der Waals surface area (Å²) in [6.07, 6.45) is 2.84. The van der Waals surface area contributed by atoms with Crippen LogP contribution in [0.2, 0.25) is 0 Å². The Kier molecular flexibility index (Phi) is 4.07. The molecule has 0 aromatic heterocycles. The molecule has 1 aliphatic heterocycles. The van der Waals surface area contributed by atoms with Crippen LogP contribution in [0.1, 0.15) is 18.4 Å². The van der Waals surface area contributed by atoms with Crippen molar-refractivity contribution in [3.05, 3.63) is 22.2 Å². The highest BCUT2D eigenvalue weighted by Crippen LogP contribution is 2.40. The first-order valence-corrected chi connectivity index (χ1v) is 6.39. The largest absolute Gasteiger partial charge is 0.489 e. The number of hydrogen-bond donors (Lipinski definition) is 1. The zero-order valence-electron chi connectivity index (χ0n) is 9.17. The highest BCUT2D eigenvalue weighted by atomic mass is 79.9. The number of ether oxygens (including phenoxy) is 2. The fourth-order valence-corrected chi connectivity index (χ4v) is 2.20. The first-order chi connectivity index (χ1) is 7.83. The van der Waals surface area contributed by atoms with Crippen LogP contribution in [0.15, 0.2) is 16.6 Å². The zero-order valence-corrected chi connectivity index (χ0v) is 10.8. The molecule has 1 aromatic rings. The summed E-state index contributed by atoms with van der Waals surface area (Å²) in [5, 5.41) is 0. The van der Waals surface area contributed by atoms with Gasteiger partial charge in [-0.05, 0) is 46.9 Å². The van der Waals surface area contributed by atoms with E-state index in [1.165, 1.54) is 5.56 Å². The van der Waals surface area contributed by atoms with E-state index in [4.69, 9.17) is 15.2 Å². The maximum atomic E-state index is 5.76. The quantitative estimate of drug-likeness (QED) is 0.928.